The zero-order valence-electron chi connectivity index (χ0n) is 24.0. The average Bonchev–Trinajstić information content (AvgIpc) is 3.52. The Hall–Kier alpha value is -3.64. The average molecular weight is 593 g/mol. The molecule has 6 radical (unpaired) electrons. The standard InChI is InChI=1S/C29H27B3FN5O4S/c1-37-27(28(35-36-37)29(30,31)32)18-12-22-25(34-15-18)24-21(13-20(43(3,39)40)14-23(24)41-2)38(22)26(17-8-10-42-11-9-17)16-4-6-19(33)7-5-16/h4-7,12-15,17,26H,8-11H2,1-3H3/t26-/m1/s1. The van der Waals surface area contributed by atoms with E-state index in [1.807, 2.05) is 6.07 Å². The predicted octanol–water partition coefficient (Wildman–Crippen LogP) is 3.17. The summed E-state index contributed by atoms with van der Waals surface area (Å²) in [6.45, 7) is 1.13. The maximum Gasteiger partial charge on any atom is 0.175 e. The summed E-state index contributed by atoms with van der Waals surface area (Å²) in [4.78, 5) is 4.96. The van der Waals surface area contributed by atoms with E-state index < -0.39 is 15.0 Å². The minimum atomic E-state index is -3.62. The maximum atomic E-state index is 14.1. The Kier molecular flexibility index (Phi) is 7.41. The number of ether oxygens (including phenoxy) is 2. The van der Waals surface area contributed by atoms with Crippen LogP contribution in [0.3, 0.4) is 0 Å². The van der Waals surface area contributed by atoms with E-state index in [2.05, 4.69) is 14.9 Å². The number of sulfone groups is 1. The van der Waals surface area contributed by atoms with Crippen molar-refractivity contribution in [3.8, 4) is 17.0 Å². The quantitative estimate of drug-likeness (QED) is 0.268. The van der Waals surface area contributed by atoms with E-state index >= 15 is 0 Å². The number of pyridine rings is 1. The van der Waals surface area contributed by atoms with Gasteiger partial charge in [0.25, 0.3) is 0 Å². The van der Waals surface area contributed by atoms with Crippen LogP contribution in [0.2, 0.25) is 0 Å². The lowest BCUT2D eigenvalue weighted by Gasteiger charge is -2.33. The Morgan fingerprint density at radius 3 is 2.42 bits per heavy atom. The van der Waals surface area contributed by atoms with E-state index in [-0.39, 0.29) is 28.4 Å². The molecule has 3 aromatic heterocycles. The Morgan fingerprint density at radius 1 is 1.09 bits per heavy atom. The number of rotatable bonds is 7. The minimum absolute atomic E-state index is 0.0771. The van der Waals surface area contributed by atoms with Gasteiger partial charge in [0.2, 0.25) is 0 Å². The monoisotopic (exact) mass is 593 g/mol. The number of benzene rings is 2. The Balaban J connectivity index is 1.75. The molecular weight excluding hydrogens is 566 g/mol. The molecule has 0 amide bonds. The number of fused-ring (bicyclic) bond motifs is 3. The summed E-state index contributed by atoms with van der Waals surface area (Å²) in [6.07, 6.45) is 4.28. The summed E-state index contributed by atoms with van der Waals surface area (Å²) in [7, 11) is 17.7. The SMILES string of the molecule is [B]C([B])([B])c1nnn(C)c1-c1cnc2c3c(OC)cc(S(C)(=O)=O)cc3n([C@H](c3ccc(F)cc3)C3CCOCC3)c2c1. The van der Waals surface area contributed by atoms with Crippen LogP contribution in [0.5, 0.6) is 5.75 Å². The van der Waals surface area contributed by atoms with Crippen molar-refractivity contribution in [2.45, 2.75) is 28.9 Å². The van der Waals surface area contributed by atoms with Gasteiger partial charge in [-0.15, -0.1) is 5.10 Å². The summed E-state index contributed by atoms with van der Waals surface area (Å²) in [5.74, 6) is 0.0829. The third kappa shape index (κ3) is 5.24. The summed E-state index contributed by atoms with van der Waals surface area (Å²) < 4.78 is 54.9. The third-order valence-electron chi connectivity index (χ3n) is 8.04. The number of aryl methyl sites for hydroxylation is 1. The molecule has 0 bridgehead atoms. The molecule has 1 aliphatic heterocycles. The second-order valence-corrected chi connectivity index (χ2v) is 13.1. The molecule has 214 valence electrons. The van der Waals surface area contributed by atoms with E-state index in [9.17, 15) is 12.8 Å². The minimum Gasteiger partial charge on any atom is -0.496 e. The zero-order chi connectivity index (χ0) is 30.7. The molecule has 14 heteroatoms. The van der Waals surface area contributed by atoms with Crippen LogP contribution < -0.4 is 4.74 Å². The van der Waals surface area contributed by atoms with Gasteiger partial charge in [-0.25, -0.2) is 17.5 Å². The topological polar surface area (TPSA) is 101 Å². The first-order valence-electron chi connectivity index (χ1n) is 13.7. The third-order valence-corrected chi connectivity index (χ3v) is 9.13. The molecule has 5 aromatic rings. The normalized spacial score (nSPS) is 15.7. The van der Waals surface area contributed by atoms with Crippen LogP contribution in [-0.4, -0.2) is 83.1 Å². The highest BCUT2D eigenvalue weighted by Gasteiger charge is 2.32. The second-order valence-electron chi connectivity index (χ2n) is 11.0. The molecule has 0 unspecified atom stereocenters. The lowest BCUT2D eigenvalue weighted by atomic mass is 9.41. The molecular formula is C29H27B3FN5O4S. The fourth-order valence-corrected chi connectivity index (χ4v) is 6.71. The fourth-order valence-electron chi connectivity index (χ4n) is 6.06. The largest absolute Gasteiger partial charge is 0.496 e. The van der Waals surface area contributed by atoms with Gasteiger partial charge >= 0.3 is 0 Å². The molecule has 1 saturated heterocycles. The van der Waals surface area contributed by atoms with Gasteiger partial charge in [-0.2, -0.15) is 0 Å². The van der Waals surface area contributed by atoms with Crippen LogP contribution in [0.1, 0.15) is 30.1 Å². The lowest BCUT2D eigenvalue weighted by Crippen LogP contribution is -2.28. The molecule has 1 atom stereocenters. The summed E-state index contributed by atoms with van der Waals surface area (Å²) in [5.41, 5.74) is 3.98. The van der Waals surface area contributed by atoms with Crippen molar-refractivity contribution in [3.63, 3.8) is 0 Å². The van der Waals surface area contributed by atoms with Crippen LogP contribution in [-0.2, 0) is 26.7 Å². The lowest BCUT2D eigenvalue weighted by molar-refractivity contribution is 0.0552. The van der Waals surface area contributed by atoms with Gasteiger partial charge in [0.1, 0.15) is 11.6 Å². The Bertz CT molecular complexity index is 1950. The highest BCUT2D eigenvalue weighted by molar-refractivity contribution is 7.90. The Morgan fingerprint density at radius 2 is 1.79 bits per heavy atom. The van der Waals surface area contributed by atoms with Crippen molar-refractivity contribution in [1.29, 1.82) is 0 Å². The number of methoxy groups -OCH3 is 1. The van der Waals surface area contributed by atoms with Gasteiger partial charge in [0.05, 0.1) is 74.9 Å². The summed E-state index contributed by atoms with van der Waals surface area (Å²) in [5, 5.41) is 7.07. The van der Waals surface area contributed by atoms with Crippen molar-refractivity contribution in [2.24, 2.45) is 13.0 Å². The van der Waals surface area contributed by atoms with E-state index in [1.165, 1.54) is 30.0 Å². The molecule has 1 aliphatic rings. The van der Waals surface area contributed by atoms with Gasteiger partial charge in [0.15, 0.2) is 9.84 Å². The molecule has 6 rings (SSSR count). The first-order valence-corrected chi connectivity index (χ1v) is 15.6. The van der Waals surface area contributed by atoms with Crippen molar-refractivity contribution in [1.82, 2.24) is 24.5 Å². The van der Waals surface area contributed by atoms with E-state index in [4.69, 9.17) is 38.0 Å². The number of hydrogen-bond donors (Lipinski definition) is 0. The first-order chi connectivity index (χ1) is 20.4. The highest BCUT2D eigenvalue weighted by atomic mass is 32.2. The maximum absolute atomic E-state index is 14.1. The fraction of sp³-hybridized carbons (Fsp3) is 0.345. The summed E-state index contributed by atoms with van der Waals surface area (Å²) >= 11 is 0. The van der Waals surface area contributed by atoms with Gasteiger partial charge in [-0.1, -0.05) is 22.5 Å². The molecule has 2 aromatic carbocycles. The van der Waals surface area contributed by atoms with Gasteiger partial charge < -0.3 is 14.0 Å². The first kappa shape index (κ1) is 29.4. The Labute approximate surface area is 252 Å². The highest BCUT2D eigenvalue weighted by Crippen LogP contribution is 2.44. The number of hydrogen-bond acceptors (Lipinski definition) is 7. The van der Waals surface area contributed by atoms with Crippen molar-refractivity contribution < 1.29 is 22.3 Å². The number of nitrogens with zero attached hydrogens (tertiary/aromatic N) is 5. The number of aromatic nitrogens is 5. The van der Waals surface area contributed by atoms with Crippen molar-refractivity contribution in [3.05, 3.63) is 65.7 Å². The molecule has 0 spiro atoms. The molecule has 0 N–H and O–H groups in total. The van der Waals surface area contributed by atoms with E-state index in [1.54, 1.807) is 31.4 Å². The number of halogens is 1. The second kappa shape index (κ2) is 10.8. The van der Waals surface area contributed by atoms with Crippen LogP contribution in [0.4, 0.5) is 4.39 Å². The van der Waals surface area contributed by atoms with Crippen molar-refractivity contribution in [2.75, 3.05) is 26.6 Å². The molecule has 0 aliphatic carbocycles. The van der Waals surface area contributed by atoms with Gasteiger partial charge in [-0.3, -0.25) is 4.98 Å². The molecule has 4 heterocycles. The predicted molar refractivity (Wildman–Crippen MR) is 164 cm³/mol. The van der Waals surface area contributed by atoms with Crippen LogP contribution in [0.25, 0.3) is 33.2 Å². The van der Waals surface area contributed by atoms with Crippen LogP contribution >= 0.6 is 0 Å². The molecule has 9 nitrogen and oxygen atoms in total. The molecule has 43 heavy (non-hydrogen) atoms. The van der Waals surface area contributed by atoms with Crippen LogP contribution in [0, 0.1) is 11.7 Å². The van der Waals surface area contributed by atoms with E-state index in [0.29, 0.717) is 52.2 Å². The molecule has 0 saturated carbocycles. The summed E-state index contributed by atoms with van der Waals surface area (Å²) in [6, 6.07) is 11.1. The van der Waals surface area contributed by atoms with Gasteiger partial charge in [-0.05, 0) is 54.7 Å². The van der Waals surface area contributed by atoms with Gasteiger partial charge in [0, 0.05) is 38.3 Å². The van der Waals surface area contributed by atoms with Crippen molar-refractivity contribution >= 4 is 55.3 Å². The molecule has 1 fully saturated rings. The van der Waals surface area contributed by atoms with Crippen LogP contribution in [0.15, 0.2) is 53.6 Å². The van der Waals surface area contributed by atoms with E-state index in [0.717, 1.165) is 24.7 Å². The smallest absolute Gasteiger partial charge is 0.175 e. The zero-order valence-corrected chi connectivity index (χ0v) is 24.8.